The van der Waals surface area contributed by atoms with Gasteiger partial charge in [-0.1, -0.05) is 20.8 Å². The van der Waals surface area contributed by atoms with Gasteiger partial charge in [0.2, 0.25) is 12.3 Å². The predicted octanol–water partition coefficient (Wildman–Crippen LogP) is 3.74. The molecule has 0 aromatic heterocycles. The second kappa shape index (κ2) is 6.57. The molecule has 144 valence electrons. The third kappa shape index (κ3) is 3.58. The Morgan fingerprint density at radius 2 is 1.92 bits per heavy atom. The summed E-state index contributed by atoms with van der Waals surface area (Å²) in [5, 5.41) is -0.293. The molecule has 1 saturated carbocycles. The fourth-order valence-electron chi connectivity index (χ4n) is 3.17. The van der Waals surface area contributed by atoms with E-state index in [4.69, 9.17) is 9.16 Å². The van der Waals surface area contributed by atoms with Gasteiger partial charge in [0.15, 0.2) is 8.32 Å². The molecule has 0 unspecified atom stereocenters. The zero-order chi connectivity index (χ0) is 19.3. The molecule has 2 rings (SSSR count). The number of halogens is 3. The van der Waals surface area contributed by atoms with Gasteiger partial charge in [0.05, 0.1) is 12.0 Å². The monoisotopic (exact) mass is 381 g/mol. The van der Waals surface area contributed by atoms with Crippen molar-refractivity contribution in [2.24, 2.45) is 5.92 Å². The van der Waals surface area contributed by atoms with Gasteiger partial charge in [-0.3, -0.25) is 4.79 Å². The highest BCUT2D eigenvalue weighted by Gasteiger charge is 2.59. The molecule has 1 aliphatic carbocycles. The number of carbonyl (C=O) groups is 2. The number of alkyl halides is 3. The predicted molar refractivity (Wildman–Crippen MR) is 87.7 cm³/mol. The van der Waals surface area contributed by atoms with Crippen LogP contribution in [-0.2, 0) is 14.0 Å². The highest BCUT2D eigenvalue weighted by atomic mass is 28.4. The van der Waals surface area contributed by atoms with Crippen LogP contribution in [0.2, 0.25) is 18.1 Å². The van der Waals surface area contributed by atoms with Gasteiger partial charge in [-0.25, -0.2) is 22.9 Å². The van der Waals surface area contributed by atoms with Crippen LogP contribution in [-0.4, -0.2) is 56.1 Å². The molecular formula is C16H26F3NO4Si. The van der Waals surface area contributed by atoms with Gasteiger partial charge in [0, 0.05) is 6.92 Å². The van der Waals surface area contributed by atoms with Gasteiger partial charge in [-0.05, 0) is 24.6 Å². The maximum atomic E-state index is 15.3. The molecule has 0 radical (unpaired) electrons. The maximum absolute atomic E-state index is 15.3. The number of ether oxygens (including phenoxy) is 1. The zero-order valence-electron chi connectivity index (χ0n) is 15.4. The molecule has 25 heavy (non-hydrogen) atoms. The Hall–Kier alpha value is -1.09. The smallest absolute Gasteiger partial charge is 0.417 e. The Morgan fingerprint density at radius 1 is 1.36 bits per heavy atom. The molecule has 0 bridgehead atoms. The van der Waals surface area contributed by atoms with E-state index in [2.05, 4.69) is 0 Å². The first kappa shape index (κ1) is 20.2. The molecule has 0 N–H and O–H groups in total. The summed E-state index contributed by atoms with van der Waals surface area (Å²) < 4.78 is 53.4. The largest absolute Gasteiger partial charge is 0.443 e. The van der Waals surface area contributed by atoms with Crippen molar-refractivity contribution in [2.45, 2.75) is 83.1 Å². The van der Waals surface area contributed by atoms with Crippen molar-refractivity contribution < 1.29 is 31.9 Å². The topological polar surface area (TPSA) is 55.8 Å². The minimum Gasteiger partial charge on any atom is -0.443 e. The Labute approximate surface area is 147 Å². The van der Waals surface area contributed by atoms with Gasteiger partial charge in [-0.15, -0.1) is 0 Å². The summed E-state index contributed by atoms with van der Waals surface area (Å²) in [6.45, 7) is 10.6. The van der Waals surface area contributed by atoms with Crippen molar-refractivity contribution >= 4 is 20.3 Å². The first-order valence-corrected chi connectivity index (χ1v) is 11.3. The lowest BCUT2D eigenvalue weighted by atomic mass is 9.80. The van der Waals surface area contributed by atoms with Crippen LogP contribution in [0.15, 0.2) is 0 Å². The Bertz CT molecular complexity index is 552. The van der Waals surface area contributed by atoms with Gasteiger partial charge >= 0.3 is 6.09 Å². The van der Waals surface area contributed by atoms with E-state index >= 15 is 4.39 Å². The summed E-state index contributed by atoms with van der Waals surface area (Å²) in [5.41, 5.74) is 0. The number of nitrogens with zero attached hydrogens (tertiary/aromatic N) is 1. The SMILES string of the molecule is CC(=O)N1C(=O)O[C@H]2C[C@H](C(F)F)[C@@H](O[Si](C)(C)C(C)(C)C)[C@@H](F)[C@H]21. The molecule has 2 amide bonds. The molecule has 2 aliphatic rings. The molecule has 1 aliphatic heterocycles. The molecule has 2 fully saturated rings. The van der Waals surface area contributed by atoms with Gasteiger partial charge in [0.1, 0.15) is 18.3 Å². The third-order valence-electron chi connectivity index (χ3n) is 5.59. The standard InChI is InChI=1S/C16H26F3NO4Si/c1-8(21)20-12-10(23-15(20)22)7-9(14(18)19)13(11(12)17)24-25(5,6)16(2,3)4/h9-14H,7H2,1-6H3/t9-,10-,11-,12-,13+/m0/s1. The van der Waals surface area contributed by atoms with E-state index in [1.54, 1.807) is 0 Å². The van der Waals surface area contributed by atoms with E-state index in [0.717, 1.165) is 6.92 Å². The molecule has 5 atom stereocenters. The van der Waals surface area contributed by atoms with Crippen LogP contribution < -0.4 is 0 Å². The fraction of sp³-hybridized carbons (Fsp3) is 0.875. The number of carbonyl (C=O) groups excluding carboxylic acids is 2. The maximum Gasteiger partial charge on any atom is 0.417 e. The van der Waals surface area contributed by atoms with Crippen molar-refractivity contribution in [3.05, 3.63) is 0 Å². The summed E-state index contributed by atoms with van der Waals surface area (Å²) in [7, 11) is -2.53. The zero-order valence-corrected chi connectivity index (χ0v) is 16.4. The van der Waals surface area contributed by atoms with Gasteiger partial charge in [0.25, 0.3) is 0 Å². The third-order valence-corrected chi connectivity index (χ3v) is 10.1. The van der Waals surface area contributed by atoms with Crippen molar-refractivity contribution in [1.82, 2.24) is 4.90 Å². The number of imide groups is 1. The second-order valence-corrected chi connectivity index (χ2v) is 13.1. The normalized spacial score (nSPS) is 33.4. The molecule has 1 heterocycles. The van der Waals surface area contributed by atoms with Crippen LogP contribution >= 0.6 is 0 Å². The van der Waals surface area contributed by atoms with E-state index in [1.165, 1.54) is 0 Å². The summed E-state index contributed by atoms with van der Waals surface area (Å²) in [4.78, 5) is 24.2. The van der Waals surface area contributed by atoms with E-state index in [1.807, 2.05) is 33.9 Å². The van der Waals surface area contributed by atoms with E-state index < -0.39 is 57.1 Å². The first-order valence-electron chi connectivity index (χ1n) is 8.38. The van der Waals surface area contributed by atoms with Crippen LogP contribution in [0.3, 0.4) is 0 Å². The Balaban J connectivity index is 2.36. The lowest BCUT2D eigenvalue weighted by Crippen LogP contribution is -2.61. The molecule has 5 nitrogen and oxygen atoms in total. The van der Waals surface area contributed by atoms with E-state index in [-0.39, 0.29) is 11.5 Å². The van der Waals surface area contributed by atoms with Crippen LogP contribution in [0.4, 0.5) is 18.0 Å². The van der Waals surface area contributed by atoms with Crippen molar-refractivity contribution in [2.75, 3.05) is 0 Å². The van der Waals surface area contributed by atoms with E-state index in [9.17, 15) is 18.4 Å². The number of fused-ring (bicyclic) bond motifs is 1. The van der Waals surface area contributed by atoms with Crippen LogP contribution in [0, 0.1) is 5.92 Å². The summed E-state index contributed by atoms with van der Waals surface area (Å²) in [5.74, 6) is -2.05. The molecule has 0 spiro atoms. The molecule has 1 saturated heterocycles. The number of hydrogen-bond donors (Lipinski definition) is 0. The molecular weight excluding hydrogens is 355 g/mol. The summed E-state index contributed by atoms with van der Waals surface area (Å²) in [6, 6.07) is -1.21. The highest BCUT2D eigenvalue weighted by Crippen LogP contribution is 2.45. The first-order chi connectivity index (χ1) is 11.3. The summed E-state index contributed by atoms with van der Waals surface area (Å²) in [6.07, 6.45) is -8.37. The highest BCUT2D eigenvalue weighted by molar-refractivity contribution is 6.74. The van der Waals surface area contributed by atoms with Crippen molar-refractivity contribution in [3.63, 3.8) is 0 Å². The molecule has 9 heteroatoms. The number of amides is 2. The van der Waals surface area contributed by atoms with Gasteiger partial charge < -0.3 is 9.16 Å². The molecule has 0 aromatic carbocycles. The number of rotatable bonds is 3. The van der Waals surface area contributed by atoms with Gasteiger partial charge in [-0.2, -0.15) is 0 Å². The lowest BCUT2D eigenvalue weighted by Gasteiger charge is -2.46. The second-order valence-electron chi connectivity index (χ2n) is 8.32. The minimum atomic E-state index is -2.81. The van der Waals surface area contributed by atoms with Crippen LogP contribution in [0.25, 0.3) is 0 Å². The average Bonchev–Trinajstić information content (AvgIpc) is 2.76. The quantitative estimate of drug-likeness (QED) is 0.699. The average molecular weight is 381 g/mol. The summed E-state index contributed by atoms with van der Waals surface area (Å²) >= 11 is 0. The lowest BCUT2D eigenvalue weighted by molar-refractivity contribution is -0.134. The fourth-order valence-corrected chi connectivity index (χ4v) is 4.50. The Morgan fingerprint density at radius 3 is 2.36 bits per heavy atom. The van der Waals surface area contributed by atoms with Crippen LogP contribution in [0.1, 0.15) is 34.1 Å². The van der Waals surface area contributed by atoms with Crippen molar-refractivity contribution in [3.8, 4) is 0 Å². The Kier molecular flexibility index (Phi) is 5.31. The van der Waals surface area contributed by atoms with E-state index in [0.29, 0.717) is 4.90 Å². The van der Waals surface area contributed by atoms with Crippen LogP contribution in [0.5, 0.6) is 0 Å². The molecule has 0 aromatic rings. The minimum absolute atomic E-state index is 0.225. The van der Waals surface area contributed by atoms with Crippen molar-refractivity contribution in [1.29, 1.82) is 0 Å². The number of hydrogen-bond acceptors (Lipinski definition) is 4.